The quantitative estimate of drug-likeness (QED) is 0.632. The van der Waals surface area contributed by atoms with Crippen LogP contribution in [0.5, 0.6) is 0 Å². The first kappa shape index (κ1) is 20.3. The second-order valence-corrected chi connectivity index (χ2v) is 9.99. The van der Waals surface area contributed by atoms with Gasteiger partial charge in [-0.1, -0.05) is 11.6 Å². The molecule has 8 nitrogen and oxygen atoms in total. The highest BCUT2D eigenvalue weighted by molar-refractivity contribution is 6.31. The van der Waals surface area contributed by atoms with Gasteiger partial charge in [0.2, 0.25) is 0 Å². The average Bonchev–Trinajstić information content (AvgIpc) is 3.38. The van der Waals surface area contributed by atoms with Crippen LogP contribution in [0.25, 0.3) is 5.69 Å². The topological polar surface area (TPSA) is 70.9 Å². The van der Waals surface area contributed by atoms with E-state index >= 15 is 0 Å². The smallest absolute Gasteiger partial charge is 0.359 e. The largest absolute Gasteiger partial charge is 0.455 e. The molecule has 1 aromatic carbocycles. The van der Waals surface area contributed by atoms with E-state index in [1.54, 1.807) is 23.4 Å². The monoisotopic (exact) mass is 443 g/mol. The lowest BCUT2D eigenvalue weighted by Gasteiger charge is -2.38. The summed E-state index contributed by atoms with van der Waals surface area (Å²) in [4.78, 5) is 36.8. The van der Waals surface area contributed by atoms with Crippen LogP contribution < -0.4 is 4.90 Å². The number of ether oxygens (including phenoxy) is 1. The van der Waals surface area contributed by atoms with Crippen LogP contribution in [0.1, 0.15) is 43.4 Å². The molecule has 0 spiro atoms. The van der Waals surface area contributed by atoms with Crippen LogP contribution >= 0.6 is 11.6 Å². The van der Waals surface area contributed by atoms with E-state index in [4.69, 9.17) is 16.3 Å². The van der Waals surface area contributed by atoms with E-state index in [0.29, 0.717) is 29.0 Å². The number of halogens is 1. The molecule has 2 atom stereocenters. The summed E-state index contributed by atoms with van der Waals surface area (Å²) in [6.45, 7) is 7.28. The van der Waals surface area contributed by atoms with E-state index < -0.39 is 11.6 Å². The van der Waals surface area contributed by atoms with Crippen molar-refractivity contribution >= 4 is 29.3 Å². The predicted octanol–water partition coefficient (Wildman–Crippen LogP) is 3.31. The molecule has 0 saturated carbocycles. The van der Waals surface area contributed by atoms with Gasteiger partial charge in [0.1, 0.15) is 11.9 Å². The van der Waals surface area contributed by atoms with Crippen LogP contribution in [-0.2, 0) is 11.3 Å². The Morgan fingerprint density at radius 2 is 1.94 bits per heavy atom. The van der Waals surface area contributed by atoms with Crippen LogP contribution in [-0.4, -0.2) is 69.2 Å². The number of imidazole rings is 1. The number of carbonyl (C=O) groups excluding carboxylic acids is 2. The maximum atomic E-state index is 13.7. The molecule has 1 aromatic heterocycles. The van der Waals surface area contributed by atoms with Gasteiger partial charge in [-0.05, 0) is 52.4 Å². The number of likely N-dealkylation sites (N-methyl/N-ethyl adjacent to an activating group) is 1. The first-order chi connectivity index (χ1) is 14.6. The van der Waals surface area contributed by atoms with Crippen molar-refractivity contribution in [2.24, 2.45) is 0 Å². The number of fused-ring (bicyclic) bond motifs is 5. The van der Waals surface area contributed by atoms with E-state index in [1.165, 1.54) is 0 Å². The molecule has 4 heterocycles. The third-order valence-corrected chi connectivity index (χ3v) is 6.48. The van der Waals surface area contributed by atoms with Gasteiger partial charge in [-0.15, -0.1) is 0 Å². The lowest BCUT2D eigenvalue weighted by molar-refractivity contribution is 0.00619. The summed E-state index contributed by atoms with van der Waals surface area (Å²) in [7, 11) is 2.11. The summed E-state index contributed by atoms with van der Waals surface area (Å²) in [5.74, 6) is -0.493. The highest BCUT2D eigenvalue weighted by Gasteiger charge is 2.46. The van der Waals surface area contributed by atoms with Gasteiger partial charge in [0, 0.05) is 30.2 Å². The minimum atomic E-state index is -0.635. The lowest BCUT2D eigenvalue weighted by atomic mass is 10.1. The Hall–Kier alpha value is -2.58. The first-order valence-electron chi connectivity index (χ1n) is 10.5. The fourth-order valence-electron chi connectivity index (χ4n) is 4.81. The lowest BCUT2D eigenvalue weighted by Crippen LogP contribution is -2.52. The maximum Gasteiger partial charge on any atom is 0.359 e. The first-order valence-corrected chi connectivity index (χ1v) is 10.9. The number of urea groups is 1. The number of nitrogens with zero attached hydrogens (tertiary/aromatic N) is 5. The zero-order valence-electron chi connectivity index (χ0n) is 18.1. The Balaban J connectivity index is 1.53. The molecule has 3 aliphatic rings. The Bertz CT molecular complexity index is 1070. The molecule has 31 heavy (non-hydrogen) atoms. The Kier molecular flexibility index (Phi) is 4.57. The summed E-state index contributed by atoms with van der Waals surface area (Å²) in [6, 6.07) is 5.98. The van der Waals surface area contributed by atoms with Gasteiger partial charge in [-0.3, -0.25) is 14.4 Å². The minimum absolute atomic E-state index is 0.0632. The second-order valence-electron chi connectivity index (χ2n) is 9.55. The number of carbonyl (C=O) groups is 2. The van der Waals surface area contributed by atoms with Crippen molar-refractivity contribution in [2.75, 3.05) is 25.0 Å². The van der Waals surface area contributed by atoms with E-state index in [-0.39, 0.29) is 24.3 Å². The molecule has 3 aliphatic heterocycles. The van der Waals surface area contributed by atoms with Crippen LogP contribution in [0.3, 0.4) is 0 Å². The number of esters is 1. The standard InChI is InChI=1S/C22H26ClN5O3/c1-22(2,3)31-20(29)19-18-11-27(21(30)26-10-14-8-15(26)9-25(14)4)17-7-13(23)5-6-16(17)28(18)12-24-19/h5-7,12,14-15H,8-11H2,1-4H3/t14-,15-/m1/s1. The van der Waals surface area contributed by atoms with Gasteiger partial charge in [0.05, 0.1) is 23.6 Å². The van der Waals surface area contributed by atoms with Crippen molar-refractivity contribution in [3.8, 4) is 5.69 Å². The van der Waals surface area contributed by atoms with Crippen molar-refractivity contribution in [3.63, 3.8) is 0 Å². The number of hydrogen-bond acceptors (Lipinski definition) is 5. The van der Waals surface area contributed by atoms with Crippen LogP contribution in [0.4, 0.5) is 10.5 Å². The summed E-state index contributed by atoms with van der Waals surface area (Å²) >= 11 is 6.29. The van der Waals surface area contributed by atoms with E-state index in [1.807, 2.05) is 36.3 Å². The highest BCUT2D eigenvalue weighted by Crippen LogP contribution is 2.38. The molecular weight excluding hydrogens is 418 g/mol. The number of rotatable bonds is 1. The molecule has 164 valence electrons. The maximum absolute atomic E-state index is 13.7. The van der Waals surface area contributed by atoms with Crippen molar-refractivity contribution in [1.29, 1.82) is 0 Å². The third kappa shape index (κ3) is 3.38. The van der Waals surface area contributed by atoms with Crippen molar-refractivity contribution in [1.82, 2.24) is 19.4 Å². The SMILES string of the molecule is CN1C[C@H]2C[C@@H]1CN2C(=O)N1Cc2c(C(=O)OC(C)(C)C)ncn2-c2ccc(Cl)cc21. The Morgan fingerprint density at radius 1 is 1.16 bits per heavy atom. The van der Waals surface area contributed by atoms with Crippen molar-refractivity contribution in [2.45, 2.75) is 51.4 Å². The minimum Gasteiger partial charge on any atom is -0.455 e. The summed E-state index contributed by atoms with van der Waals surface area (Å²) < 4.78 is 7.39. The molecule has 2 amide bonds. The third-order valence-electron chi connectivity index (χ3n) is 6.25. The fourth-order valence-corrected chi connectivity index (χ4v) is 4.97. The fraction of sp³-hybridized carbons (Fsp3) is 0.500. The number of piperazine rings is 1. The van der Waals surface area contributed by atoms with E-state index in [0.717, 1.165) is 18.7 Å². The Morgan fingerprint density at radius 3 is 2.58 bits per heavy atom. The van der Waals surface area contributed by atoms with Gasteiger partial charge < -0.3 is 9.64 Å². The van der Waals surface area contributed by atoms with Crippen LogP contribution in [0.15, 0.2) is 24.5 Å². The van der Waals surface area contributed by atoms with Gasteiger partial charge in [-0.25, -0.2) is 14.6 Å². The molecule has 0 unspecified atom stereocenters. The molecule has 2 bridgehead atoms. The molecule has 9 heteroatoms. The van der Waals surface area contributed by atoms with E-state index in [9.17, 15) is 9.59 Å². The molecule has 2 saturated heterocycles. The zero-order chi connectivity index (χ0) is 22.1. The number of hydrogen-bond donors (Lipinski definition) is 0. The van der Waals surface area contributed by atoms with E-state index in [2.05, 4.69) is 16.9 Å². The zero-order valence-corrected chi connectivity index (χ0v) is 18.9. The molecule has 5 rings (SSSR count). The van der Waals surface area contributed by atoms with Crippen molar-refractivity contribution < 1.29 is 14.3 Å². The predicted molar refractivity (Wildman–Crippen MR) is 117 cm³/mol. The number of anilines is 1. The second kappa shape index (κ2) is 6.97. The molecule has 0 radical (unpaired) electrons. The van der Waals surface area contributed by atoms with Crippen LogP contribution in [0, 0.1) is 0 Å². The normalized spacial score (nSPS) is 22.5. The van der Waals surface area contributed by atoms with Crippen LogP contribution in [0.2, 0.25) is 5.02 Å². The molecule has 2 aromatic rings. The van der Waals surface area contributed by atoms with Gasteiger partial charge in [-0.2, -0.15) is 0 Å². The summed E-state index contributed by atoms with van der Waals surface area (Å²) in [5.41, 5.74) is 1.72. The summed E-state index contributed by atoms with van der Waals surface area (Å²) in [5, 5.41) is 0.551. The molecular formula is C22H26ClN5O3. The summed E-state index contributed by atoms with van der Waals surface area (Å²) in [6.07, 6.45) is 2.61. The van der Waals surface area contributed by atoms with Gasteiger partial charge >= 0.3 is 12.0 Å². The highest BCUT2D eigenvalue weighted by atomic mass is 35.5. The Labute approximate surface area is 186 Å². The number of aromatic nitrogens is 2. The average molecular weight is 444 g/mol. The molecule has 0 aliphatic carbocycles. The molecule has 0 N–H and O–H groups in total. The number of amides is 2. The van der Waals surface area contributed by atoms with Crippen molar-refractivity contribution in [3.05, 3.63) is 40.9 Å². The van der Waals surface area contributed by atoms with Gasteiger partial charge in [0.25, 0.3) is 0 Å². The molecule has 2 fully saturated rings. The number of likely N-dealkylation sites (tertiary alicyclic amines) is 2. The van der Waals surface area contributed by atoms with Gasteiger partial charge in [0.15, 0.2) is 5.69 Å². The number of benzene rings is 1.